The zero-order valence-electron chi connectivity index (χ0n) is 9.25. The van der Waals surface area contributed by atoms with Crippen LogP contribution in [0.15, 0.2) is 4.42 Å². The molecule has 15 heavy (non-hydrogen) atoms. The van der Waals surface area contributed by atoms with Gasteiger partial charge in [-0.15, -0.1) is 0 Å². The van der Waals surface area contributed by atoms with Crippen molar-refractivity contribution < 1.29 is 4.42 Å². The maximum Gasteiger partial charge on any atom is 0.195 e. The predicted molar refractivity (Wildman–Crippen MR) is 58.8 cm³/mol. The zero-order valence-corrected chi connectivity index (χ0v) is 9.25. The van der Waals surface area contributed by atoms with Crippen LogP contribution in [0.25, 0.3) is 0 Å². The highest BCUT2D eigenvalue weighted by atomic mass is 16.4. The van der Waals surface area contributed by atoms with E-state index in [1.807, 2.05) is 6.92 Å². The first-order chi connectivity index (χ1) is 7.31. The molecular weight excluding hydrogens is 190 g/mol. The van der Waals surface area contributed by atoms with Crippen LogP contribution in [0.5, 0.6) is 0 Å². The summed E-state index contributed by atoms with van der Waals surface area (Å²) < 4.78 is 5.60. The van der Waals surface area contributed by atoms with E-state index in [0.29, 0.717) is 12.5 Å². The SMILES string of the molecule is Cc1oc(CCN)nc1C1CCNCC1. The molecule has 84 valence electrons. The van der Waals surface area contributed by atoms with Gasteiger partial charge in [0, 0.05) is 18.9 Å². The molecule has 0 unspecified atom stereocenters. The number of nitrogens with zero attached hydrogens (tertiary/aromatic N) is 1. The van der Waals surface area contributed by atoms with E-state index in [4.69, 9.17) is 10.2 Å². The second-order valence-electron chi connectivity index (χ2n) is 4.11. The van der Waals surface area contributed by atoms with Crippen molar-refractivity contribution in [2.75, 3.05) is 19.6 Å². The van der Waals surface area contributed by atoms with Gasteiger partial charge in [0.25, 0.3) is 0 Å². The molecule has 2 rings (SSSR count). The van der Waals surface area contributed by atoms with Gasteiger partial charge in [0.2, 0.25) is 0 Å². The van der Waals surface area contributed by atoms with Gasteiger partial charge in [0.15, 0.2) is 5.89 Å². The van der Waals surface area contributed by atoms with Gasteiger partial charge in [-0.2, -0.15) is 0 Å². The van der Waals surface area contributed by atoms with Gasteiger partial charge in [0.05, 0.1) is 5.69 Å². The average molecular weight is 209 g/mol. The molecule has 4 nitrogen and oxygen atoms in total. The molecule has 1 aromatic heterocycles. The zero-order chi connectivity index (χ0) is 10.7. The third-order valence-corrected chi connectivity index (χ3v) is 2.96. The second kappa shape index (κ2) is 4.77. The highest BCUT2D eigenvalue weighted by Crippen LogP contribution is 2.27. The number of rotatable bonds is 3. The Kier molecular flexibility index (Phi) is 3.38. The first-order valence-corrected chi connectivity index (χ1v) is 5.68. The fourth-order valence-electron chi connectivity index (χ4n) is 2.17. The molecule has 0 amide bonds. The Labute approximate surface area is 90.2 Å². The third-order valence-electron chi connectivity index (χ3n) is 2.96. The number of nitrogens with two attached hydrogens (primary N) is 1. The number of hydrogen-bond donors (Lipinski definition) is 2. The summed E-state index contributed by atoms with van der Waals surface area (Å²) >= 11 is 0. The minimum atomic E-state index is 0.571. The largest absolute Gasteiger partial charge is 0.446 e. The Balaban J connectivity index is 2.11. The van der Waals surface area contributed by atoms with E-state index in [2.05, 4.69) is 10.3 Å². The molecule has 1 aromatic rings. The summed E-state index contributed by atoms with van der Waals surface area (Å²) in [6, 6.07) is 0. The van der Waals surface area contributed by atoms with Crippen LogP contribution < -0.4 is 11.1 Å². The summed E-state index contributed by atoms with van der Waals surface area (Å²) in [5, 5.41) is 3.36. The van der Waals surface area contributed by atoms with Crippen LogP contribution in [0.4, 0.5) is 0 Å². The molecule has 1 saturated heterocycles. The van der Waals surface area contributed by atoms with Crippen molar-refractivity contribution in [3.05, 3.63) is 17.3 Å². The number of oxazole rings is 1. The lowest BCUT2D eigenvalue weighted by atomic mass is 9.94. The van der Waals surface area contributed by atoms with E-state index < -0.39 is 0 Å². The van der Waals surface area contributed by atoms with Crippen molar-refractivity contribution >= 4 is 0 Å². The van der Waals surface area contributed by atoms with E-state index in [9.17, 15) is 0 Å². The van der Waals surface area contributed by atoms with Crippen LogP contribution in [0.3, 0.4) is 0 Å². The summed E-state index contributed by atoms with van der Waals surface area (Å²) in [6.07, 6.45) is 3.07. The Morgan fingerprint density at radius 3 is 2.87 bits per heavy atom. The number of hydrogen-bond acceptors (Lipinski definition) is 4. The van der Waals surface area contributed by atoms with Crippen molar-refractivity contribution in [3.63, 3.8) is 0 Å². The van der Waals surface area contributed by atoms with Crippen LogP contribution in [-0.4, -0.2) is 24.6 Å². The van der Waals surface area contributed by atoms with Crippen molar-refractivity contribution in [3.8, 4) is 0 Å². The van der Waals surface area contributed by atoms with Crippen molar-refractivity contribution in [2.24, 2.45) is 5.73 Å². The molecule has 4 heteroatoms. The van der Waals surface area contributed by atoms with E-state index in [0.717, 1.165) is 49.7 Å². The van der Waals surface area contributed by atoms with Gasteiger partial charge < -0.3 is 15.5 Å². The van der Waals surface area contributed by atoms with Crippen molar-refractivity contribution in [1.82, 2.24) is 10.3 Å². The van der Waals surface area contributed by atoms with Crippen LogP contribution in [0.2, 0.25) is 0 Å². The molecule has 0 atom stereocenters. The number of piperidine rings is 1. The Morgan fingerprint density at radius 1 is 1.47 bits per heavy atom. The fourth-order valence-corrected chi connectivity index (χ4v) is 2.17. The van der Waals surface area contributed by atoms with Gasteiger partial charge in [-0.05, 0) is 32.9 Å². The molecule has 0 aromatic carbocycles. The molecule has 0 spiro atoms. The minimum absolute atomic E-state index is 0.571. The first-order valence-electron chi connectivity index (χ1n) is 5.68. The first kappa shape index (κ1) is 10.6. The molecule has 3 N–H and O–H groups in total. The molecule has 1 aliphatic rings. The standard InChI is InChI=1S/C11H19N3O/c1-8-11(9-3-6-13-7-4-9)14-10(15-8)2-5-12/h9,13H,2-7,12H2,1H3. The Hall–Kier alpha value is -0.870. The van der Waals surface area contributed by atoms with Gasteiger partial charge in [-0.1, -0.05) is 0 Å². The van der Waals surface area contributed by atoms with Crippen molar-refractivity contribution in [1.29, 1.82) is 0 Å². The Bertz CT molecular complexity index is 316. The number of aromatic nitrogens is 1. The highest BCUT2D eigenvalue weighted by molar-refractivity contribution is 5.15. The van der Waals surface area contributed by atoms with E-state index >= 15 is 0 Å². The second-order valence-corrected chi connectivity index (χ2v) is 4.11. The lowest BCUT2D eigenvalue weighted by Crippen LogP contribution is -2.27. The van der Waals surface area contributed by atoms with Crippen LogP contribution in [0, 0.1) is 6.92 Å². The maximum absolute atomic E-state index is 5.60. The average Bonchev–Trinajstić information content (AvgIpc) is 2.61. The summed E-state index contributed by atoms with van der Waals surface area (Å²) in [7, 11) is 0. The van der Waals surface area contributed by atoms with Crippen LogP contribution in [0.1, 0.15) is 36.1 Å². The molecule has 0 radical (unpaired) electrons. The van der Waals surface area contributed by atoms with Crippen LogP contribution >= 0.6 is 0 Å². The normalized spacial score (nSPS) is 18.3. The number of aryl methyl sites for hydroxylation is 1. The summed E-state index contributed by atoms with van der Waals surface area (Å²) in [5.41, 5.74) is 6.64. The van der Waals surface area contributed by atoms with Gasteiger partial charge >= 0.3 is 0 Å². The van der Waals surface area contributed by atoms with E-state index in [1.54, 1.807) is 0 Å². The topological polar surface area (TPSA) is 64.1 Å². The molecule has 1 fully saturated rings. The molecular formula is C11H19N3O. The molecule has 2 heterocycles. The van der Waals surface area contributed by atoms with E-state index in [1.165, 1.54) is 0 Å². The van der Waals surface area contributed by atoms with Crippen molar-refractivity contribution in [2.45, 2.75) is 32.1 Å². The monoisotopic (exact) mass is 209 g/mol. The molecule has 0 bridgehead atoms. The summed E-state index contributed by atoms with van der Waals surface area (Å²) in [5.74, 6) is 2.34. The Morgan fingerprint density at radius 2 is 2.20 bits per heavy atom. The molecule has 0 saturated carbocycles. The fraction of sp³-hybridized carbons (Fsp3) is 0.727. The number of nitrogens with one attached hydrogen (secondary N) is 1. The lowest BCUT2D eigenvalue weighted by molar-refractivity contribution is 0.443. The van der Waals surface area contributed by atoms with Gasteiger partial charge in [0.1, 0.15) is 5.76 Å². The maximum atomic E-state index is 5.60. The van der Waals surface area contributed by atoms with Crippen LogP contribution in [-0.2, 0) is 6.42 Å². The quantitative estimate of drug-likeness (QED) is 0.778. The highest BCUT2D eigenvalue weighted by Gasteiger charge is 2.21. The van der Waals surface area contributed by atoms with Gasteiger partial charge in [-0.3, -0.25) is 0 Å². The molecule has 1 aliphatic heterocycles. The molecule has 0 aliphatic carbocycles. The van der Waals surface area contributed by atoms with Gasteiger partial charge in [-0.25, -0.2) is 4.98 Å². The lowest BCUT2D eigenvalue weighted by Gasteiger charge is -2.20. The third kappa shape index (κ3) is 2.38. The van der Waals surface area contributed by atoms with E-state index in [-0.39, 0.29) is 0 Å². The predicted octanol–water partition coefficient (Wildman–Crippen LogP) is 0.951. The minimum Gasteiger partial charge on any atom is -0.446 e. The summed E-state index contributed by atoms with van der Waals surface area (Å²) in [4.78, 5) is 4.55. The summed E-state index contributed by atoms with van der Waals surface area (Å²) in [6.45, 7) is 4.78. The smallest absolute Gasteiger partial charge is 0.195 e.